The Bertz CT molecular complexity index is 375. The number of aromatic nitrogens is 1. The minimum absolute atomic E-state index is 0.0494. The molecule has 0 saturated heterocycles. The first-order chi connectivity index (χ1) is 8.06. The van der Waals surface area contributed by atoms with Gasteiger partial charge in [0, 0.05) is 19.1 Å². The number of rotatable bonds is 6. The Labute approximate surface area is 106 Å². The molecule has 4 nitrogen and oxygen atoms in total. The Morgan fingerprint density at radius 3 is 2.76 bits per heavy atom. The van der Waals surface area contributed by atoms with Crippen molar-refractivity contribution >= 4 is 17.2 Å². The number of aryl methyl sites for hydroxylation is 1. The zero-order chi connectivity index (χ0) is 12.8. The molecule has 96 valence electrons. The summed E-state index contributed by atoms with van der Waals surface area (Å²) in [6.07, 6.45) is 0. The van der Waals surface area contributed by atoms with Crippen LogP contribution >= 0.6 is 11.3 Å². The summed E-state index contributed by atoms with van der Waals surface area (Å²) in [7, 11) is 0. The van der Waals surface area contributed by atoms with Crippen LogP contribution in [-0.4, -0.2) is 30.6 Å². The molecule has 1 aromatic rings. The highest BCUT2D eigenvalue weighted by atomic mass is 32.1. The van der Waals surface area contributed by atoms with Crippen LogP contribution in [0.5, 0.6) is 0 Å². The van der Waals surface area contributed by atoms with Gasteiger partial charge in [0.25, 0.3) is 5.91 Å². The topological polar surface area (TPSA) is 51.2 Å². The third-order valence-corrected chi connectivity index (χ3v) is 3.71. The van der Waals surface area contributed by atoms with Gasteiger partial charge in [0.1, 0.15) is 4.88 Å². The smallest absolute Gasteiger partial charge is 0.263 e. The molecule has 1 amide bonds. The summed E-state index contributed by atoms with van der Waals surface area (Å²) in [5.41, 5.74) is 0.813. The quantitative estimate of drug-likeness (QED) is 0.795. The minimum Gasteiger partial charge on any atom is -0.380 e. The Hall–Kier alpha value is -0.940. The van der Waals surface area contributed by atoms with Crippen molar-refractivity contribution in [2.75, 3.05) is 19.8 Å². The zero-order valence-corrected chi connectivity index (χ0v) is 11.7. The molecule has 5 heteroatoms. The molecule has 0 fully saturated rings. The molecule has 0 spiro atoms. The molecule has 1 N–H and O–H groups in total. The first-order valence-electron chi connectivity index (χ1n) is 5.89. The first kappa shape index (κ1) is 14.1. The van der Waals surface area contributed by atoms with Gasteiger partial charge in [0.05, 0.1) is 17.3 Å². The second-order valence-electron chi connectivity index (χ2n) is 4.07. The van der Waals surface area contributed by atoms with Gasteiger partial charge < -0.3 is 10.1 Å². The third-order valence-electron chi connectivity index (χ3n) is 2.25. The van der Waals surface area contributed by atoms with Gasteiger partial charge in [0.15, 0.2) is 0 Å². The molecule has 1 aromatic heterocycles. The number of thiazole rings is 1. The van der Waals surface area contributed by atoms with E-state index < -0.39 is 0 Å². The van der Waals surface area contributed by atoms with Crippen LogP contribution in [0.25, 0.3) is 0 Å². The molecule has 0 aliphatic carbocycles. The van der Waals surface area contributed by atoms with Crippen LogP contribution < -0.4 is 5.32 Å². The SMILES string of the molecule is CCOCCNC(=O)c1sc(C(C)C)nc1C. The number of hydrogen-bond donors (Lipinski definition) is 1. The summed E-state index contributed by atoms with van der Waals surface area (Å²) < 4.78 is 5.17. The van der Waals surface area contributed by atoms with Crippen molar-refractivity contribution in [3.8, 4) is 0 Å². The molecule has 0 aliphatic heterocycles. The Balaban J connectivity index is 2.56. The minimum atomic E-state index is -0.0494. The predicted octanol–water partition coefficient (Wildman–Crippen LogP) is 2.34. The van der Waals surface area contributed by atoms with Gasteiger partial charge in [-0.05, 0) is 13.8 Å². The van der Waals surface area contributed by atoms with E-state index in [0.717, 1.165) is 10.7 Å². The lowest BCUT2D eigenvalue weighted by Gasteiger charge is -2.03. The zero-order valence-electron chi connectivity index (χ0n) is 10.9. The Morgan fingerprint density at radius 1 is 1.53 bits per heavy atom. The van der Waals surface area contributed by atoms with E-state index in [2.05, 4.69) is 24.1 Å². The molecule has 0 atom stereocenters. The molecule has 0 aliphatic rings. The van der Waals surface area contributed by atoms with Crippen LogP contribution in [-0.2, 0) is 4.74 Å². The fourth-order valence-corrected chi connectivity index (χ4v) is 2.32. The molecular formula is C12H20N2O2S. The molecular weight excluding hydrogens is 236 g/mol. The van der Waals surface area contributed by atoms with E-state index in [1.165, 1.54) is 11.3 Å². The van der Waals surface area contributed by atoms with Crippen LogP contribution in [0.4, 0.5) is 0 Å². The van der Waals surface area contributed by atoms with Crippen molar-refractivity contribution in [3.05, 3.63) is 15.6 Å². The van der Waals surface area contributed by atoms with Gasteiger partial charge in [-0.25, -0.2) is 4.98 Å². The maximum Gasteiger partial charge on any atom is 0.263 e. The summed E-state index contributed by atoms with van der Waals surface area (Å²) in [5, 5.41) is 3.84. The molecule has 0 radical (unpaired) electrons. The van der Waals surface area contributed by atoms with Crippen LogP contribution in [0.3, 0.4) is 0 Å². The summed E-state index contributed by atoms with van der Waals surface area (Å²) in [5.74, 6) is 0.315. The van der Waals surface area contributed by atoms with Gasteiger partial charge in [-0.2, -0.15) is 0 Å². The standard InChI is InChI=1S/C12H20N2O2S/c1-5-16-7-6-13-11(15)10-9(4)14-12(17-10)8(2)3/h8H,5-7H2,1-4H3,(H,13,15). The fraction of sp³-hybridized carbons (Fsp3) is 0.667. The Kier molecular flexibility index (Phi) is 5.58. The lowest BCUT2D eigenvalue weighted by Crippen LogP contribution is -2.27. The van der Waals surface area contributed by atoms with Crippen LogP contribution in [0.2, 0.25) is 0 Å². The second kappa shape index (κ2) is 6.71. The summed E-state index contributed by atoms with van der Waals surface area (Å²) in [4.78, 5) is 17.0. The molecule has 0 unspecified atom stereocenters. The summed E-state index contributed by atoms with van der Waals surface area (Å²) in [6.45, 7) is 9.74. The van der Waals surface area contributed by atoms with Crippen LogP contribution in [0.1, 0.15) is 47.1 Å². The van der Waals surface area contributed by atoms with E-state index in [0.29, 0.717) is 30.6 Å². The van der Waals surface area contributed by atoms with E-state index in [1.54, 1.807) is 0 Å². The number of hydrogen-bond acceptors (Lipinski definition) is 4. The normalized spacial score (nSPS) is 10.9. The van der Waals surface area contributed by atoms with Gasteiger partial charge >= 0.3 is 0 Å². The van der Waals surface area contributed by atoms with Crippen molar-refractivity contribution in [1.82, 2.24) is 10.3 Å². The van der Waals surface area contributed by atoms with Crippen molar-refractivity contribution in [3.63, 3.8) is 0 Å². The van der Waals surface area contributed by atoms with Crippen LogP contribution in [0.15, 0.2) is 0 Å². The number of carbonyl (C=O) groups excluding carboxylic acids is 1. The summed E-state index contributed by atoms with van der Waals surface area (Å²) >= 11 is 1.48. The average molecular weight is 256 g/mol. The highest BCUT2D eigenvalue weighted by molar-refractivity contribution is 7.13. The van der Waals surface area contributed by atoms with Crippen molar-refractivity contribution in [1.29, 1.82) is 0 Å². The number of carbonyl (C=O) groups is 1. The highest BCUT2D eigenvalue weighted by Crippen LogP contribution is 2.24. The number of nitrogens with zero attached hydrogens (tertiary/aromatic N) is 1. The number of amides is 1. The highest BCUT2D eigenvalue weighted by Gasteiger charge is 2.16. The largest absolute Gasteiger partial charge is 0.380 e. The van der Waals surface area contributed by atoms with Crippen molar-refractivity contribution in [2.45, 2.75) is 33.6 Å². The summed E-state index contributed by atoms with van der Waals surface area (Å²) in [6, 6.07) is 0. The average Bonchev–Trinajstić information content (AvgIpc) is 2.67. The molecule has 1 rings (SSSR count). The van der Waals surface area contributed by atoms with Crippen molar-refractivity contribution < 1.29 is 9.53 Å². The first-order valence-corrected chi connectivity index (χ1v) is 6.71. The van der Waals surface area contributed by atoms with E-state index in [4.69, 9.17) is 4.74 Å². The maximum atomic E-state index is 11.9. The van der Waals surface area contributed by atoms with Crippen LogP contribution in [0, 0.1) is 6.92 Å². The van der Waals surface area contributed by atoms with Gasteiger partial charge in [-0.3, -0.25) is 4.79 Å². The molecule has 0 saturated carbocycles. The lowest BCUT2D eigenvalue weighted by molar-refractivity contribution is 0.0926. The van der Waals surface area contributed by atoms with E-state index in [1.807, 2.05) is 13.8 Å². The molecule has 0 aromatic carbocycles. The van der Waals surface area contributed by atoms with Crippen molar-refractivity contribution in [2.24, 2.45) is 0 Å². The monoisotopic (exact) mass is 256 g/mol. The van der Waals surface area contributed by atoms with E-state index in [9.17, 15) is 4.79 Å². The van der Waals surface area contributed by atoms with E-state index >= 15 is 0 Å². The lowest BCUT2D eigenvalue weighted by atomic mass is 10.2. The molecule has 0 bridgehead atoms. The predicted molar refractivity (Wildman–Crippen MR) is 69.8 cm³/mol. The molecule has 1 heterocycles. The van der Waals surface area contributed by atoms with E-state index in [-0.39, 0.29) is 5.91 Å². The molecule has 17 heavy (non-hydrogen) atoms. The third kappa shape index (κ3) is 4.09. The Morgan fingerprint density at radius 2 is 2.24 bits per heavy atom. The number of ether oxygens (including phenoxy) is 1. The second-order valence-corrected chi connectivity index (χ2v) is 5.10. The maximum absolute atomic E-state index is 11.9. The van der Waals surface area contributed by atoms with Gasteiger partial charge in [0.2, 0.25) is 0 Å². The number of nitrogens with one attached hydrogen (secondary N) is 1. The fourth-order valence-electron chi connectivity index (χ4n) is 1.34. The van der Waals surface area contributed by atoms with Gasteiger partial charge in [-0.1, -0.05) is 13.8 Å². The van der Waals surface area contributed by atoms with Gasteiger partial charge in [-0.15, -0.1) is 11.3 Å².